The average molecular weight is 325 g/mol. The third-order valence-electron chi connectivity index (χ3n) is 3.51. The fourth-order valence-corrected chi connectivity index (χ4v) is 2.36. The van der Waals surface area contributed by atoms with Crippen LogP contribution >= 0.6 is 0 Å². The van der Waals surface area contributed by atoms with E-state index >= 15 is 0 Å². The molecule has 1 atom stereocenters. The first-order valence-electron chi connectivity index (χ1n) is 7.08. The smallest absolute Gasteiger partial charge is 0.368 e. The van der Waals surface area contributed by atoms with Crippen LogP contribution in [-0.2, 0) is 15.7 Å². The lowest BCUT2D eigenvalue weighted by Crippen LogP contribution is -2.26. The second-order valence-corrected chi connectivity index (χ2v) is 5.21. The van der Waals surface area contributed by atoms with Crippen molar-refractivity contribution in [3.63, 3.8) is 0 Å². The Hall–Kier alpha value is -2.35. The van der Waals surface area contributed by atoms with Gasteiger partial charge < -0.3 is 10.1 Å². The molecule has 0 bridgehead atoms. The zero-order valence-electron chi connectivity index (χ0n) is 12.0. The maximum Gasteiger partial charge on any atom is 0.416 e. The molecule has 0 radical (unpaired) electrons. The molecule has 2 aromatic rings. The van der Waals surface area contributed by atoms with Crippen molar-refractivity contribution in [2.45, 2.75) is 25.1 Å². The number of alkyl halides is 3. The number of carbonyl (C=O) groups is 1. The number of carbonyl (C=O) groups excluding carboxylic acids is 1. The molecule has 8 heteroatoms. The lowest BCUT2D eigenvalue weighted by molar-refractivity contribution is -0.137. The van der Waals surface area contributed by atoms with Gasteiger partial charge in [-0.15, -0.1) is 0 Å². The number of ether oxygens (including phenoxy) is 1. The highest BCUT2D eigenvalue weighted by molar-refractivity contribution is 5.94. The predicted molar refractivity (Wildman–Crippen MR) is 76.2 cm³/mol. The first-order chi connectivity index (χ1) is 10.9. The van der Waals surface area contributed by atoms with E-state index in [2.05, 4.69) is 10.4 Å². The molecule has 122 valence electrons. The summed E-state index contributed by atoms with van der Waals surface area (Å²) in [6.45, 7) is 0.557. The van der Waals surface area contributed by atoms with Gasteiger partial charge in [-0.25, -0.2) is 4.68 Å². The maximum atomic E-state index is 12.7. The maximum absolute atomic E-state index is 12.7. The number of nitrogens with zero attached hydrogens (tertiary/aromatic N) is 2. The SMILES string of the molecule is O=C(Nc1cnn(-c2cccc(C(F)(F)F)c2)c1)[C@@H]1CCCO1. The van der Waals surface area contributed by atoms with Crippen LogP contribution in [0.3, 0.4) is 0 Å². The van der Waals surface area contributed by atoms with Crippen LogP contribution < -0.4 is 5.32 Å². The summed E-state index contributed by atoms with van der Waals surface area (Å²) < 4.78 is 44.7. The van der Waals surface area contributed by atoms with Crippen LogP contribution in [0.15, 0.2) is 36.7 Å². The summed E-state index contributed by atoms with van der Waals surface area (Å²) in [4.78, 5) is 11.9. The van der Waals surface area contributed by atoms with Gasteiger partial charge in [-0.3, -0.25) is 4.79 Å². The van der Waals surface area contributed by atoms with Crippen LogP contribution in [0.5, 0.6) is 0 Å². The molecule has 0 unspecified atom stereocenters. The average Bonchev–Trinajstić information content (AvgIpc) is 3.18. The molecule has 1 saturated heterocycles. The van der Waals surface area contributed by atoms with E-state index < -0.39 is 17.8 Å². The van der Waals surface area contributed by atoms with E-state index in [0.29, 0.717) is 18.7 Å². The number of halogens is 3. The van der Waals surface area contributed by atoms with Gasteiger partial charge in [0.1, 0.15) is 6.10 Å². The van der Waals surface area contributed by atoms with Crippen LogP contribution in [0.4, 0.5) is 18.9 Å². The number of aromatic nitrogens is 2. The summed E-state index contributed by atoms with van der Waals surface area (Å²) in [5.41, 5.74) is -0.0872. The molecule has 0 spiro atoms. The van der Waals surface area contributed by atoms with Crippen molar-refractivity contribution in [2.75, 3.05) is 11.9 Å². The molecule has 1 aliphatic heterocycles. The first kappa shape index (κ1) is 15.5. The van der Waals surface area contributed by atoms with Gasteiger partial charge >= 0.3 is 6.18 Å². The number of hydrogen-bond donors (Lipinski definition) is 1. The highest BCUT2D eigenvalue weighted by Crippen LogP contribution is 2.30. The van der Waals surface area contributed by atoms with E-state index in [0.717, 1.165) is 18.6 Å². The van der Waals surface area contributed by atoms with Crippen molar-refractivity contribution in [1.29, 1.82) is 0 Å². The van der Waals surface area contributed by atoms with Crippen LogP contribution in [0.1, 0.15) is 18.4 Å². The van der Waals surface area contributed by atoms with Gasteiger partial charge in [0.25, 0.3) is 5.91 Å². The summed E-state index contributed by atoms with van der Waals surface area (Å²) in [7, 11) is 0. The standard InChI is InChI=1S/C15H14F3N3O2/c16-15(17,18)10-3-1-4-12(7-10)21-9-11(8-19-21)20-14(22)13-5-2-6-23-13/h1,3-4,7-9,13H,2,5-6H2,(H,20,22)/t13-/m0/s1. The molecule has 2 heterocycles. The molecule has 1 aromatic carbocycles. The minimum atomic E-state index is -4.42. The van der Waals surface area contributed by atoms with Crippen molar-refractivity contribution in [3.8, 4) is 5.69 Å². The number of anilines is 1. The molecule has 1 N–H and O–H groups in total. The minimum absolute atomic E-state index is 0.262. The predicted octanol–water partition coefficient (Wildman–Crippen LogP) is 3.01. The quantitative estimate of drug-likeness (QED) is 0.944. The molecule has 0 aliphatic carbocycles. The third kappa shape index (κ3) is 3.53. The number of nitrogens with one attached hydrogen (secondary N) is 1. The Morgan fingerprint density at radius 1 is 1.39 bits per heavy atom. The second-order valence-electron chi connectivity index (χ2n) is 5.21. The molecule has 0 saturated carbocycles. The van der Waals surface area contributed by atoms with Crippen molar-refractivity contribution in [3.05, 3.63) is 42.2 Å². The number of hydrogen-bond acceptors (Lipinski definition) is 3. The summed E-state index contributed by atoms with van der Waals surface area (Å²) >= 11 is 0. The first-order valence-corrected chi connectivity index (χ1v) is 7.08. The van der Waals surface area contributed by atoms with Crippen molar-refractivity contribution in [2.24, 2.45) is 0 Å². The van der Waals surface area contributed by atoms with Crippen molar-refractivity contribution < 1.29 is 22.7 Å². The van der Waals surface area contributed by atoms with E-state index in [9.17, 15) is 18.0 Å². The van der Waals surface area contributed by atoms with Crippen molar-refractivity contribution >= 4 is 11.6 Å². The van der Waals surface area contributed by atoms with E-state index in [1.807, 2.05) is 0 Å². The van der Waals surface area contributed by atoms with E-state index in [1.165, 1.54) is 29.2 Å². The zero-order chi connectivity index (χ0) is 16.4. The van der Waals surface area contributed by atoms with Gasteiger partial charge in [-0.2, -0.15) is 18.3 Å². The molecule has 1 amide bonds. The van der Waals surface area contributed by atoms with Gasteiger partial charge in [0.05, 0.1) is 29.3 Å². The van der Waals surface area contributed by atoms with E-state index in [4.69, 9.17) is 4.74 Å². The highest BCUT2D eigenvalue weighted by atomic mass is 19.4. The van der Waals surface area contributed by atoms with Gasteiger partial charge in [-0.1, -0.05) is 6.07 Å². The molecule has 1 aromatic heterocycles. The third-order valence-corrected chi connectivity index (χ3v) is 3.51. The van der Waals surface area contributed by atoms with Crippen LogP contribution in [0.2, 0.25) is 0 Å². The lowest BCUT2D eigenvalue weighted by atomic mass is 10.2. The van der Waals surface area contributed by atoms with Gasteiger partial charge in [-0.05, 0) is 31.0 Å². The summed E-state index contributed by atoms with van der Waals surface area (Å²) in [5, 5.41) is 6.63. The molecular formula is C15H14F3N3O2. The Bertz CT molecular complexity index is 706. The topological polar surface area (TPSA) is 56.2 Å². The molecule has 23 heavy (non-hydrogen) atoms. The van der Waals surface area contributed by atoms with E-state index in [1.54, 1.807) is 0 Å². The summed E-state index contributed by atoms with van der Waals surface area (Å²) in [5.74, 6) is -0.272. The van der Waals surface area contributed by atoms with Crippen LogP contribution in [0, 0.1) is 0 Å². The Balaban J connectivity index is 1.75. The highest BCUT2D eigenvalue weighted by Gasteiger charge is 2.30. The monoisotopic (exact) mass is 325 g/mol. The van der Waals surface area contributed by atoms with Gasteiger partial charge in [0, 0.05) is 6.61 Å². The Labute approximate surface area is 130 Å². The zero-order valence-corrected chi connectivity index (χ0v) is 12.0. The summed E-state index contributed by atoms with van der Waals surface area (Å²) in [6.07, 6.45) is -0.558. The largest absolute Gasteiger partial charge is 0.416 e. The molecular weight excluding hydrogens is 311 g/mol. The van der Waals surface area contributed by atoms with Crippen LogP contribution in [0.25, 0.3) is 5.69 Å². The molecule has 1 fully saturated rings. The van der Waals surface area contributed by atoms with E-state index in [-0.39, 0.29) is 11.6 Å². The molecule has 5 nitrogen and oxygen atoms in total. The van der Waals surface area contributed by atoms with Crippen LogP contribution in [-0.4, -0.2) is 28.4 Å². The lowest BCUT2D eigenvalue weighted by Gasteiger charge is -2.09. The summed E-state index contributed by atoms with van der Waals surface area (Å²) in [6, 6.07) is 4.81. The van der Waals surface area contributed by atoms with Gasteiger partial charge in [0.15, 0.2) is 0 Å². The Morgan fingerprint density at radius 3 is 2.91 bits per heavy atom. The second kappa shape index (κ2) is 6.04. The fourth-order valence-electron chi connectivity index (χ4n) is 2.36. The number of rotatable bonds is 3. The molecule has 3 rings (SSSR count). The number of benzene rings is 1. The molecule has 1 aliphatic rings. The Kier molecular flexibility index (Phi) is 4.08. The van der Waals surface area contributed by atoms with Gasteiger partial charge in [0.2, 0.25) is 0 Å². The normalized spacial score (nSPS) is 18.1. The van der Waals surface area contributed by atoms with Crippen molar-refractivity contribution in [1.82, 2.24) is 9.78 Å². The number of amides is 1. The Morgan fingerprint density at radius 2 is 2.22 bits per heavy atom. The minimum Gasteiger partial charge on any atom is -0.368 e. The fraction of sp³-hybridized carbons (Fsp3) is 0.333.